The van der Waals surface area contributed by atoms with E-state index in [-0.39, 0.29) is 17.7 Å². The molecular formula is C16H23N3O2. The summed E-state index contributed by atoms with van der Waals surface area (Å²) in [6, 6.07) is 3.83. The summed E-state index contributed by atoms with van der Waals surface area (Å²) in [5.74, 6) is 0.186. The highest BCUT2D eigenvalue weighted by Crippen LogP contribution is 2.20. The van der Waals surface area contributed by atoms with Crippen molar-refractivity contribution >= 4 is 11.8 Å². The molecule has 1 fully saturated rings. The molecule has 0 aromatic carbocycles. The predicted molar refractivity (Wildman–Crippen MR) is 80.3 cm³/mol. The number of pyridine rings is 1. The summed E-state index contributed by atoms with van der Waals surface area (Å²) >= 11 is 0. The van der Waals surface area contributed by atoms with E-state index in [9.17, 15) is 9.59 Å². The van der Waals surface area contributed by atoms with Gasteiger partial charge in [-0.1, -0.05) is 13.0 Å². The molecule has 114 valence electrons. The summed E-state index contributed by atoms with van der Waals surface area (Å²) in [4.78, 5) is 31.9. The van der Waals surface area contributed by atoms with Gasteiger partial charge in [-0.3, -0.25) is 14.6 Å². The van der Waals surface area contributed by atoms with E-state index in [4.69, 9.17) is 0 Å². The quantitative estimate of drug-likeness (QED) is 0.847. The van der Waals surface area contributed by atoms with Crippen molar-refractivity contribution in [2.24, 2.45) is 5.92 Å². The fraction of sp³-hybridized carbons (Fsp3) is 0.562. The van der Waals surface area contributed by atoms with Crippen LogP contribution in [0.1, 0.15) is 31.7 Å². The molecule has 1 aliphatic heterocycles. The second-order valence-electron chi connectivity index (χ2n) is 5.59. The summed E-state index contributed by atoms with van der Waals surface area (Å²) in [5, 5.41) is 0. The van der Waals surface area contributed by atoms with Crippen LogP contribution in [0.2, 0.25) is 0 Å². The zero-order valence-electron chi connectivity index (χ0n) is 12.8. The van der Waals surface area contributed by atoms with Crippen molar-refractivity contribution in [1.29, 1.82) is 0 Å². The van der Waals surface area contributed by atoms with E-state index < -0.39 is 0 Å². The van der Waals surface area contributed by atoms with E-state index >= 15 is 0 Å². The molecule has 1 atom stereocenters. The number of rotatable bonds is 4. The molecule has 0 saturated carbocycles. The highest BCUT2D eigenvalue weighted by Gasteiger charge is 2.29. The predicted octanol–water partition coefficient (Wildman–Crippen LogP) is 1.69. The van der Waals surface area contributed by atoms with Gasteiger partial charge in [0.2, 0.25) is 11.8 Å². The van der Waals surface area contributed by atoms with Crippen LogP contribution in [0.4, 0.5) is 0 Å². The largest absolute Gasteiger partial charge is 0.342 e. The molecule has 1 unspecified atom stereocenters. The lowest BCUT2D eigenvalue weighted by atomic mass is 9.96. The summed E-state index contributed by atoms with van der Waals surface area (Å²) in [7, 11) is 1.82. The number of hydrogen-bond donors (Lipinski definition) is 0. The van der Waals surface area contributed by atoms with E-state index in [1.807, 2.05) is 31.0 Å². The van der Waals surface area contributed by atoms with Gasteiger partial charge in [0.15, 0.2) is 0 Å². The minimum Gasteiger partial charge on any atom is -0.342 e. The van der Waals surface area contributed by atoms with E-state index in [2.05, 4.69) is 4.98 Å². The summed E-state index contributed by atoms with van der Waals surface area (Å²) in [6.07, 6.45) is 5.78. The van der Waals surface area contributed by atoms with Gasteiger partial charge >= 0.3 is 0 Å². The summed E-state index contributed by atoms with van der Waals surface area (Å²) in [6.45, 7) is 3.76. The topological polar surface area (TPSA) is 53.5 Å². The first kappa shape index (κ1) is 15.5. The monoisotopic (exact) mass is 289 g/mol. The van der Waals surface area contributed by atoms with Gasteiger partial charge in [-0.25, -0.2) is 0 Å². The van der Waals surface area contributed by atoms with E-state index in [1.54, 1.807) is 17.3 Å². The first-order valence-electron chi connectivity index (χ1n) is 7.53. The van der Waals surface area contributed by atoms with E-state index in [1.165, 1.54) is 0 Å². The van der Waals surface area contributed by atoms with Crippen LogP contribution in [0.25, 0.3) is 0 Å². The average Bonchev–Trinajstić information content (AvgIpc) is 2.54. The van der Waals surface area contributed by atoms with E-state index in [0.29, 0.717) is 19.5 Å². The Morgan fingerprint density at radius 2 is 2.29 bits per heavy atom. The number of likely N-dealkylation sites (tertiary alicyclic amines) is 1. The Balaban J connectivity index is 1.94. The third-order valence-electron chi connectivity index (χ3n) is 3.94. The van der Waals surface area contributed by atoms with Gasteiger partial charge in [-0.15, -0.1) is 0 Å². The van der Waals surface area contributed by atoms with Crippen molar-refractivity contribution in [2.75, 3.05) is 20.1 Å². The molecule has 0 aliphatic carbocycles. The van der Waals surface area contributed by atoms with Gasteiger partial charge in [0, 0.05) is 45.5 Å². The second-order valence-corrected chi connectivity index (χ2v) is 5.59. The third kappa shape index (κ3) is 4.03. The lowest BCUT2D eigenvalue weighted by molar-refractivity contribution is -0.140. The molecule has 0 N–H and O–H groups in total. The first-order valence-corrected chi connectivity index (χ1v) is 7.53. The van der Waals surface area contributed by atoms with Gasteiger partial charge < -0.3 is 9.80 Å². The van der Waals surface area contributed by atoms with Crippen molar-refractivity contribution in [3.05, 3.63) is 30.1 Å². The van der Waals surface area contributed by atoms with Crippen LogP contribution < -0.4 is 0 Å². The molecule has 1 aliphatic rings. The standard InChI is InChI=1S/C16H23N3O2/c1-3-15(20)19-9-5-7-14(12-19)16(21)18(2)11-13-6-4-8-17-10-13/h4,6,8,10,14H,3,5,7,9,11-12H2,1-2H3. The molecule has 2 amide bonds. The Labute approximate surface area is 126 Å². The van der Waals surface area contributed by atoms with Crippen LogP contribution >= 0.6 is 0 Å². The fourth-order valence-corrected chi connectivity index (χ4v) is 2.78. The third-order valence-corrected chi connectivity index (χ3v) is 3.94. The lowest BCUT2D eigenvalue weighted by Crippen LogP contribution is -2.45. The maximum absolute atomic E-state index is 12.5. The molecule has 0 bridgehead atoms. The van der Waals surface area contributed by atoms with Crippen LogP contribution in [0, 0.1) is 5.92 Å². The molecule has 2 heterocycles. The van der Waals surface area contributed by atoms with Crippen LogP contribution in [0.3, 0.4) is 0 Å². The molecule has 0 radical (unpaired) electrons. The summed E-state index contributed by atoms with van der Waals surface area (Å²) < 4.78 is 0. The van der Waals surface area contributed by atoms with Crippen LogP contribution in [0.15, 0.2) is 24.5 Å². The Kier molecular flexibility index (Phi) is 5.31. The highest BCUT2D eigenvalue weighted by atomic mass is 16.2. The van der Waals surface area contributed by atoms with Crippen molar-refractivity contribution in [2.45, 2.75) is 32.7 Å². The molecule has 21 heavy (non-hydrogen) atoms. The second kappa shape index (κ2) is 7.20. The van der Waals surface area contributed by atoms with Crippen LogP contribution in [-0.2, 0) is 16.1 Å². The van der Waals surface area contributed by atoms with E-state index in [0.717, 1.165) is 24.9 Å². The minimum atomic E-state index is -0.0732. The van der Waals surface area contributed by atoms with Gasteiger partial charge in [-0.05, 0) is 24.5 Å². The Hall–Kier alpha value is -1.91. The number of nitrogens with zero attached hydrogens (tertiary/aromatic N) is 3. The number of carbonyl (C=O) groups excluding carboxylic acids is 2. The molecule has 5 nitrogen and oxygen atoms in total. The van der Waals surface area contributed by atoms with Crippen molar-refractivity contribution in [3.8, 4) is 0 Å². The number of amides is 2. The van der Waals surface area contributed by atoms with Crippen molar-refractivity contribution in [1.82, 2.24) is 14.8 Å². The molecular weight excluding hydrogens is 266 g/mol. The normalized spacial score (nSPS) is 18.4. The molecule has 1 aromatic heterocycles. The number of carbonyl (C=O) groups is 2. The van der Waals surface area contributed by atoms with Crippen LogP contribution in [-0.4, -0.2) is 46.7 Å². The SMILES string of the molecule is CCC(=O)N1CCCC(C(=O)N(C)Cc2cccnc2)C1. The molecule has 0 spiro atoms. The molecule has 1 saturated heterocycles. The lowest BCUT2D eigenvalue weighted by Gasteiger charge is -2.34. The van der Waals surface area contributed by atoms with Gasteiger partial charge in [0.1, 0.15) is 0 Å². The number of aromatic nitrogens is 1. The van der Waals surface area contributed by atoms with Gasteiger partial charge in [0.25, 0.3) is 0 Å². The van der Waals surface area contributed by atoms with Crippen LogP contribution in [0.5, 0.6) is 0 Å². The molecule has 2 rings (SSSR count). The van der Waals surface area contributed by atoms with Crippen molar-refractivity contribution in [3.63, 3.8) is 0 Å². The summed E-state index contributed by atoms with van der Waals surface area (Å²) in [5.41, 5.74) is 1.02. The number of hydrogen-bond acceptors (Lipinski definition) is 3. The van der Waals surface area contributed by atoms with Gasteiger partial charge in [-0.2, -0.15) is 0 Å². The maximum atomic E-state index is 12.5. The smallest absolute Gasteiger partial charge is 0.227 e. The Bertz CT molecular complexity index is 490. The minimum absolute atomic E-state index is 0.0732. The molecule has 5 heteroatoms. The number of piperidine rings is 1. The zero-order chi connectivity index (χ0) is 15.2. The fourth-order valence-electron chi connectivity index (χ4n) is 2.78. The molecule has 1 aromatic rings. The zero-order valence-corrected chi connectivity index (χ0v) is 12.8. The van der Waals surface area contributed by atoms with Crippen molar-refractivity contribution < 1.29 is 9.59 Å². The maximum Gasteiger partial charge on any atom is 0.227 e. The Morgan fingerprint density at radius 3 is 2.95 bits per heavy atom. The Morgan fingerprint density at radius 1 is 1.48 bits per heavy atom. The van der Waals surface area contributed by atoms with Gasteiger partial charge in [0.05, 0.1) is 5.92 Å². The first-order chi connectivity index (χ1) is 10.1. The highest BCUT2D eigenvalue weighted by molar-refractivity contribution is 5.81. The average molecular weight is 289 g/mol.